The number of aromatic nitrogens is 3. The molecule has 0 radical (unpaired) electrons. The summed E-state index contributed by atoms with van der Waals surface area (Å²) in [6.45, 7) is 7.46. The highest BCUT2D eigenvalue weighted by atomic mass is 32.1. The number of hydrogen-bond acceptors (Lipinski definition) is 4. The lowest BCUT2D eigenvalue weighted by Gasteiger charge is -1.94. The molecule has 0 bridgehead atoms. The van der Waals surface area contributed by atoms with Gasteiger partial charge in [-0.2, -0.15) is 0 Å². The molecule has 0 spiro atoms. The quantitative estimate of drug-likeness (QED) is 0.750. The summed E-state index contributed by atoms with van der Waals surface area (Å²) >= 11 is 1.59. The molecule has 0 fully saturated rings. The minimum absolute atomic E-state index is 0.642. The number of aromatic amines is 1. The van der Waals surface area contributed by atoms with Gasteiger partial charge in [0.15, 0.2) is 5.13 Å². The molecule has 0 amide bonds. The zero-order valence-corrected chi connectivity index (χ0v) is 11.0. The topological polar surface area (TPSA) is 53.6 Å². The third kappa shape index (κ3) is 2.15. The first-order valence-electron chi connectivity index (χ1n) is 5.77. The zero-order chi connectivity index (χ0) is 13.2. The monoisotopic (exact) mass is 268 g/mol. The van der Waals surface area contributed by atoms with Gasteiger partial charge in [0, 0.05) is 0 Å². The number of imidazole rings is 1. The van der Waals surface area contributed by atoms with Crippen LogP contribution in [0.5, 0.6) is 0 Å². The molecule has 3 rings (SSSR count). The Bertz CT molecular complexity index is 695. The van der Waals surface area contributed by atoms with E-state index in [0.717, 1.165) is 26.7 Å². The first-order valence-corrected chi connectivity index (χ1v) is 6.59. The van der Waals surface area contributed by atoms with Crippen LogP contribution in [-0.4, -0.2) is 15.0 Å². The lowest BCUT2D eigenvalue weighted by Crippen LogP contribution is -1.91. The average Bonchev–Trinajstić information content (AvgIpc) is 3.01. The van der Waals surface area contributed by atoms with E-state index in [0.29, 0.717) is 5.95 Å². The molecule has 3 aromatic rings. The third-order valence-corrected chi connectivity index (χ3v) is 3.63. The van der Waals surface area contributed by atoms with E-state index in [2.05, 4.69) is 33.4 Å². The average molecular weight is 268 g/mol. The summed E-state index contributed by atoms with van der Waals surface area (Å²) in [5.41, 5.74) is 2.60. The van der Waals surface area contributed by atoms with Gasteiger partial charge in [-0.25, -0.2) is 9.97 Å². The fourth-order valence-corrected chi connectivity index (χ4v) is 2.66. The second kappa shape index (κ2) is 4.70. The normalized spacial score (nSPS) is 10.5. The molecule has 0 aliphatic rings. The van der Waals surface area contributed by atoms with Crippen molar-refractivity contribution in [3.8, 4) is 0 Å². The van der Waals surface area contributed by atoms with E-state index in [1.165, 1.54) is 0 Å². The van der Waals surface area contributed by atoms with Crippen LogP contribution in [0.25, 0.3) is 22.4 Å². The Hall–Kier alpha value is -2.40. The van der Waals surface area contributed by atoms with E-state index in [4.69, 9.17) is 0 Å². The minimum atomic E-state index is 0.642. The highest BCUT2D eigenvalue weighted by Gasteiger charge is 2.08. The maximum Gasteiger partial charge on any atom is 0.207 e. The van der Waals surface area contributed by atoms with Crippen molar-refractivity contribution < 1.29 is 0 Å². The van der Waals surface area contributed by atoms with Crippen LogP contribution in [0.3, 0.4) is 0 Å². The number of nitrogens with one attached hydrogen (secondary N) is 2. The second-order valence-electron chi connectivity index (χ2n) is 3.90. The highest BCUT2D eigenvalue weighted by Crippen LogP contribution is 2.27. The number of hydrogen-bond donors (Lipinski definition) is 2. The fourth-order valence-electron chi connectivity index (χ4n) is 1.80. The maximum absolute atomic E-state index is 4.49. The molecule has 5 heteroatoms. The molecule has 94 valence electrons. The van der Waals surface area contributed by atoms with Crippen molar-refractivity contribution >= 4 is 44.8 Å². The van der Waals surface area contributed by atoms with Crippen molar-refractivity contribution in [2.45, 2.75) is 0 Å². The van der Waals surface area contributed by atoms with Gasteiger partial charge < -0.3 is 10.3 Å². The minimum Gasteiger partial charge on any atom is -0.324 e. The number of rotatable bonds is 4. The van der Waals surface area contributed by atoms with Crippen LogP contribution in [0.2, 0.25) is 0 Å². The van der Waals surface area contributed by atoms with Crippen LogP contribution in [-0.2, 0) is 0 Å². The van der Waals surface area contributed by atoms with Gasteiger partial charge in [-0.05, 0) is 24.3 Å². The van der Waals surface area contributed by atoms with E-state index in [1.807, 2.05) is 24.3 Å². The van der Waals surface area contributed by atoms with Crippen LogP contribution in [0.15, 0.2) is 37.4 Å². The van der Waals surface area contributed by atoms with Gasteiger partial charge in [0.1, 0.15) is 0 Å². The molecular weight excluding hydrogens is 256 g/mol. The molecule has 1 aromatic carbocycles. The first kappa shape index (κ1) is 11.7. The predicted octanol–water partition coefficient (Wildman–Crippen LogP) is 4.05. The van der Waals surface area contributed by atoms with E-state index in [1.54, 1.807) is 23.5 Å². The second-order valence-corrected chi connectivity index (χ2v) is 4.93. The van der Waals surface area contributed by atoms with Crippen molar-refractivity contribution in [2.24, 2.45) is 0 Å². The van der Waals surface area contributed by atoms with Gasteiger partial charge in [-0.15, -0.1) is 0 Å². The molecule has 0 saturated carbocycles. The number of H-pyrrole nitrogens is 1. The van der Waals surface area contributed by atoms with Gasteiger partial charge in [-0.3, -0.25) is 0 Å². The van der Waals surface area contributed by atoms with Gasteiger partial charge in [-0.1, -0.05) is 36.6 Å². The molecule has 2 aromatic heterocycles. The zero-order valence-electron chi connectivity index (χ0n) is 10.2. The van der Waals surface area contributed by atoms with Crippen molar-refractivity contribution in [1.29, 1.82) is 0 Å². The lowest BCUT2D eigenvalue weighted by atomic mass is 10.3. The Labute approximate surface area is 114 Å². The molecule has 0 unspecified atom stereocenters. The summed E-state index contributed by atoms with van der Waals surface area (Å²) in [5.74, 6) is 0.642. The van der Waals surface area contributed by atoms with Crippen LogP contribution in [0, 0.1) is 0 Å². The van der Waals surface area contributed by atoms with Crippen LogP contribution in [0.1, 0.15) is 11.4 Å². The number of para-hydroxylation sites is 1. The molecule has 2 heterocycles. The Balaban J connectivity index is 1.94. The lowest BCUT2D eigenvalue weighted by molar-refractivity contribution is 1.27. The Morgan fingerprint density at radius 3 is 2.68 bits per heavy atom. The summed E-state index contributed by atoms with van der Waals surface area (Å²) in [6, 6.07) is 8.02. The van der Waals surface area contributed by atoms with Crippen LogP contribution >= 0.6 is 11.3 Å². The van der Waals surface area contributed by atoms with Gasteiger partial charge in [0.25, 0.3) is 0 Å². The summed E-state index contributed by atoms with van der Waals surface area (Å²) < 4.78 is 1.14. The molecule has 0 saturated heterocycles. The molecule has 0 aliphatic heterocycles. The van der Waals surface area contributed by atoms with E-state index in [9.17, 15) is 0 Å². The molecule has 2 N–H and O–H groups in total. The van der Waals surface area contributed by atoms with E-state index >= 15 is 0 Å². The Morgan fingerprint density at radius 2 is 2.00 bits per heavy atom. The van der Waals surface area contributed by atoms with Crippen molar-refractivity contribution in [1.82, 2.24) is 15.0 Å². The number of benzene rings is 1. The van der Waals surface area contributed by atoms with Gasteiger partial charge in [0.2, 0.25) is 5.95 Å². The van der Waals surface area contributed by atoms with Gasteiger partial charge in [0.05, 0.1) is 21.6 Å². The summed E-state index contributed by atoms with van der Waals surface area (Å²) in [6.07, 6.45) is 3.41. The SMILES string of the molecule is C=Cc1nc(Nc2nc3ccccc3s2)[nH]c1C=C. The van der Waals surface area contributed by atoms with Crippen molar-refractivity contribution in [2.75, 3.05) is 5.32 Å². The molecule has 19 heavy (non-hydrogen) atoms. The van der Waals surface area contributed by atoms with Crippen LogP contribution in [0.4, 0.5) is 11.1 Å². The molecular formula is C14H12N4S. The third-order valence-electron chi connectivity index (χ3n) is 2.68. The standard InChI is InChI=1S/C14H12N4S/c1-3-9-10(4-2)16-13(15-9)18-14-17-11-7-5-6-8-12(11)19-14/h3-8H,1-2H2,(H2,15,16,17,18). The largest absolute Gasteiger partial charge is 0.324 e. The predicted molar refractivity (Wildman–Crippen MR) is 81.7 cm³/mol. The Kier molecular flexibility index (Phi) is 2.89. The van der Waals surface area contributed by atoms with E-state index < -0.39 is 0 Å². The summed E-state index contributed by atoms with van der Waals surface area (Å²) in [7, 11) is 0. The fraction of sp³-hybridized carbons (Fsp3) is 0. The summed E-state index contributed by atoms with van der Waals surface area (Å²) in [5, 5.41) is 3.97. The highest BCUT2D eigenvalue weighted by molar-refractivity contribution is 7.22. The number of nitrogens with zero attached hydrogens (tertiary/aromatic N) is 2. The number of fused-ring (bicyclic) bond motifs is 1. The molecule has 0 atom stereocenters. The van der Waals surface area contributed by atoms with E-state index in [-0.39, 0.29) is 0 Å². The van der Waals surface area contributed by atoms with Gasteiger partial charge >= 0.3 is 0 Å². The van der Waals surface area contributed by atoms with Crippen molar-refractivity contribution in [3.63, 3.8) is 0 Å². The molecule has 0 aliphatic carbocycles. The van der Waals surface area contributed by atoms with Crippen LogP contribution < -0.4 is 5.32 Å². The number of thiazole rings is 1. The number of anilines is 2. The van der Waals surface area contributed by atoms with Crippen molar-refractivity contribution in [3.05, 3.63) is 48.8 Å². The smallest absolute Gasteiger partial charge is 0.207 e. The Morgan fingerprint density at radius 1 is 1.16 bits per heavy atom. The molecule has 4 nitrogen and oxygen atoms in total. The summed E-state index contributed by atoms with van der Waals surface area (Å²) in [4.78, 5) is 12.0. The maximum atomic E-state index is 4.49. The first-order chi connectivity index (χ1) is 9.30.